The first-order valence-electron chi connectivity index (χ1n) is 11.5. The van der Waals surface area contributed by atoms with E-state index < -0.39 is 34.6 Å². The second-order valence-corrected chi connectivity index (χ2v) is 10.5. The van der Waals surface area contributed by atoms with Crippen LogP contribution < -0.4 is 11.2 Å². The lowest BCUT2D eigenvalue weighted by Crippen LogP contribution is -2.45. The first-order valence-corrected chi connectivity index (χ1v) is 11.9. The molecule has 11 heteroatoms. The minimum Gasteiger partial charge on any atom is -0.443 e. The van der Waals surface area contributed by atoms with Gasteiger partial charge >= 0.3 is 17.9 Å². The fourth-order valence-electron chi connectivity index (χ4n) is 3.02. The molecule has 1 heterocycles. The van der Waals surface area contributed by atoms with Gasteiger partial charge in [-0.3, -0.25) is 13.9 Å². The number of carbonyl (C=O) groups is 2. The summed E-state index contributed by atoms with van der Waals surface area (Å²) in [5.74, 6) is 0. The van der Waals surface area contributed by atoms with Crippen LogP contribution in [0.15, 0.2) is 46.0 Å². The molecule has 0 N–H and O–H groups in total. The van der Waals surface area contributed by atoms with E-state index in [1.54, 1.807) is 41.5 Å². The first-order chi connectivity index (χ1) is 16.7. The number of imide groups is 1. The molecule has 2 aromatic rings. The van der Waals surface area contributed by atoms with E-state index >= 15 is 0 Å². The Labute approximate surface area is 215 Å². The van der Waals surface area contributed by atoms with Gasteiger partial charge in [0.25, 0.3) is 5.56 Å². The summed E-state index contributed by atoms with van der Waals surface area (Å²) in [6.45, 7) is 9.93. The van der Waals surface area contributed by atoms with Crippen LogP contribution in [0.3, 0.4) is 0 Å². The van der Waals surface area contributed by atoms with Crippen molar-refractivity contribution < 1.29 is 23.8 Å². The zero-order valence-corrected chi connectivity index (χ0v) is 22.3. The number of nitrogens with zero attached hydrogens (tertiary/aromatic N) is 3. The van der Waals surface area contributed by atoms with Crippen molar-refractivity contribution in [2.45, 2.75) is 79.0 Å². The predicted molar refractivity (Wildman–Crippen MR) is 135 cm³/mol. The van der Waals surface area contributed by atoms with E-state index in [2.05, 4.69) is 0 Å². The Morgan fingerprint density at radius 1 is 0.917 bits per heavy atom. The van der Waals surface area contributed by atoms with Gasteiger partial charge in [0.05, 0.1) is 6.61 Å². The van der Waals surface area contributed by atoms with E-state index in [-0.39, 0.29) is 38.0 Å². The maximum Gasteiger partial charge on any atom is 0.419 e. The van der Waals surface area contributed by atoms with E-state index in [0.717, 1.165) is 25.7 Å². The van der Waals surface area contributed by atoms with Crippen molar-refractivity contribution in [3.63, 3.8) is 0 Å². The number of amides is 2. The molecule has 0 spiro atoms. The van der Waals surface area contributed by atoms with Crippen LogP contribution in [0.25, 0.3) is 0 Å². The summed E-state index contributed by atoms with van der Waals surface area (Å²) in [7, 11) is 0. The highest BCUT2D eigenvalue weighted by atomic mass is 35.5. The van der Waals surface area contributed by atoms with Gasteiger partial charge in [-0.25, -0.2) is 19.3 Å². The molecule has 0 bridgehead atoms. The molecular formula is C25H34ClN3O7. The van der Waals surface area contributed by atoms with Crippen LogP contribution in [-0.2, 0) is 34.1 Å². The van der Waals surface area contributed by atoms with Crippen LogP contribution in [0.5, 0.6) is 0 Å². The first kappa shape index (κ1) is 29.1. The van der Waals surface area contributed by atoms with Gasteiger partial charge in [-0.2, -0.15) is 0 Å². The van der Waals surface area contributed by atoms with Crippen LogP contribution in [0.2, 0.25) is 5.15 Å². The summed E-state index contributed by atoms with van der Waals surface area (Å²) in [5, 5.41) is -0.0570. The average molecular weight is 524 g/mol. The third-order valence-electron chi connectivity index (χ3n) is 4.55. The number of ether oxygens (including phenoxy) is 3. The van der Waals surface area contributed by atoms with Crippen LogP contribution in [0.1, 0.15) is 53.5 Å². The van der Waals surface area contributed by atoms with Gasteiger partial charge in [0, 0.05) is 19.2 Å². The van der Waals surface area contributed by atoms with Gasteiger partial charge in [0.2, 0.25) is 0 Å². The van der Waals surface area contributed by atoms with Crippen molar-refractivity contribution in [1.82, 2.24) is 14.0 Å². The minimum atomic E-state index is -0.882. The maximum atomic E-state index is 12.9. The highest BCUT2D eigenvalue weighted by Crippen LogP contribution is 2.15. The minimum absolute atomic E-state index is 0.0570. The molecule has 10 nitrogen and oxygen atoms in total. The smallest absolute Gasteiger partial charge is 0.419 e. The molecule has 2 rings (SSSR count). The molecule has 0 saturated heterocycles. The summed E-state index contributed by atoms with van der Waals surface area (Å²) in [5.41, 5.74) is -2.03. The van der Waals surface area contributed by atoms with Gasteiger partial charge in [-0.15, -0.1) is 0 Å². The molecular weight excluding hydrogens is 490 g/mol. The van der Waals surface area contributed by atoms with E-state index in [9.17, 15) is 19.2 Å². The Morgan fingerprint density at radius 3 is 2.00 bits per heavy atom. The Morgan fingerprint density at radius 2 is 1.47 bits per heavy atom. The Balaban J connectivity index is 2.14. The number of hydrogen-bond acceptors (Lipinski definition) is 7. The maximum absolute atomic E-state index is 12.9. The summed E-state index contributed by atoms with van der Waals surface area (Å²) < 4.78 is 18.3. The summed E-state index contributed by atoms with van der Waals surface area (Å²) in [6.07, 6.45) is -1.67. The quantitative estimate of drug-likeness (QED) is 0.472. The molecule has 0 atom stereocenters. The molecule has 1 aromatic heterocycles. The molecule has 0 unspecified atom stereocenters. The summed E-state index contributed by atoms with van der Waals surface area (Å²) in [6, 6.07) is 10.5. The number of carbonyl (C=O) groups excluding carboxylic acids is 2. The zero-order chi connectivity index (χ0) is 27.1. The molecule has 2 amide bonds. The van der Waals surface area contributed by atoms with Crippen molar-refractivity contribution in [3.05, 3.63) is 68.0 Å². The van der Waals surface area contributed by atoms with Crippen LogP contribution in [0.4, 0.5) is 9.59 Å². The SMILES string of the molecule is CC(C)(C)OC(=O)N(CCCn1c(=O)cc(Cl)n(COCc2ccccc2)c1=O)C(=O)OC(C)(C)C. The van der Waals surface area contributed by atoms with Crippen molar-refractivity contribution in [2.75, 3.05) is 6.54 Å². The van der Waals surface area contributed by atoms with Crippen LogP contribution in [-0.4, -0.2) is 44.0 Å². The number of hydrogen-bond donors (Lipinski definition) is 0. The van der Waals surface area contributed by atoms with Crippen LogP contribution >= 0.6 is 11.6 Å². The molecule has 0 aliphatic rings. The molecule has 0 saturated carbocycles. The van der Waals surface area contributed by atoms with Crippen molar-refractivity contribution in [3.8, 4) is 0 Å². The fourth-order valence-corrected chi connectivity index (χ4v) is 3.23. The highest BCUT2D eigenvalue weighted by Gasteiger charge is 2.30. The van der Waals surface area contributed by atoms with E-state index in [1.807, 2.05) is 30.3 Å². The van der Waals surface area contributed by atoms with E-state index in [0.29, 0.717) is 0 Å². The zero-order valence-electron chi connectivity index (χ0n) is 21.6. The topological polar surface area (TPSA) is 109 Å². The lowest BCUT2D eigenvalue weighted by atomic mass is 10.2. The monoisotopic (exact) mass is 523 g/mol. The van der Waals surface area contributed by atoms with Crippen molar-refractivity contribution >= 4 is 23.8 Å². The Kier molecular flexibility index (Phi) is 9.89. The Bertz CT molecular complexity index is 1130. The van der Waals surface area contributed by atoms with E-state index in [4.69, 9.17) is 25.8 Å². The summed E-state index contributed by atoms with van der Waals surface area (Å²) in [4.78, 5) is 51.5. The number of benzene rings is 1. The lowest BCUT2D eigenvalue weighted by molar-refractivity contribution is 0.00107. The second kappa shape index (κ2) is 12.2. The lowest BCUT2D eigenvalue weighted by Gasteiger charge is -2.28. The second-order valence-electron chi connectivity index (χ2n) is 10.1. The van der Waals surface area contributed by atoms with Crippen molar-refractivity contribution in [2.24, 2.45) is 0 Å². The molecule has 198 valence electrons. The highest BCUT2D eigenvalue weighted by molar-refractivity contribution is 6.29. The molecule has 0 fully saturated rings. The van der Waals surface area contributed by atoms with E-state index in [1.165, 1.54) is 0 Å². The largest absolute Gasteiger partial charge is 0.443 e. The number of rotatable bonds is 8. The third-order valence-corrected chi connectivity index (χ3v) is 4.86. The van der Waals surface area contributed by atoms with Crippen molar-refractivity contribution in [1.29, 1.82) is 0 Å². The van der Waals surface area contributed by atoms with Gasteiger partial charge in [0.15, 0.2) is 0 Å². The molecule has 0 radical (unpaired) electrons. The van der Waals surface area contributed by atoms with Gasteiger partial charge in [-0.05, 0) is 53.5 Å². The third kappa shape index (κ3) is 9.16. The predicted octanol–water partition coefficient (Wildman–Crippen LogP) is 4.40. The fraction of sp³-hybridized carbons (Fsp3) is 0.520. The Hall–Kier alpha value is -3.11. The molecule has 0 aliphatic heterocycles. The standard InChI is InChI=1S/C25H34ClN3O7/c1-24(2,3)35-22(32)28(23(33)36-25(4,5)6)14-10-13-27-20(30)15-19(26)29(21(27)31)17-34-16-18-11-8-7-9-12-18/h7-9,11-12,15H,10,13-14,16-17H2,1-6H3. The summed E-state index contributed by atoms with van der Waals surface area (Å²) >= 11 is 6.12. The number of halogens is 1. The van der Waals surface area contributed by atoms with Crippen LogP contribution in [0, 0.1) is 0 Å². The molecule has 0 aliphatic carbocycles. The normalized spacial score (nSPS) is 11.8. The molecule has 1 aromatic carbocycles. The average Bonchev–Trinajstić information content (AvgIpc) is 2.73. The van der Waals surface area contributed by atoms with Gasteiger partial charge in [-0.1, -0.05) is 41.9 Å². The number of aromatic nitrogens is 2. The molecule has 36 heavy (non-hydrogen) atoms. The van der Waals surface area contributed by atoms with Gasteiger partial charge < -0.3 is 14.2 Å². The van der Waals surface area contributed by atoms with Gasteiger partial charge in [0.1, 0.15) is 23.1 Å².